The van der Waals surface area contributed by atoms with E-state index in [0.717, 1.165) is 25.7 Å². The molecule has 9 nitrogen and oxygen atoms in total. The minimum absolute atomic E-state index is 0.0123. The molecule has 0 saturated heterocycles. The maximum absolute atomic E-state index is 13.5. The molecule has 0 unspecified atom stereocenters. The van der Waals surface area contributed by atoms with Gasteiger partial charge in [0.2, 0.25) is 11.9 Å². The topological polar surface area (TPSA) is 114 Å². The normalized spacial score (nSPS) is 18.2. The van der Waals surface area contributed by atoms with Crippen molar-refractivity contribution in [1.29, 1.82) is 0 Å². The maximum Gasteiger partial charge on any atom is 0.223 e. The molecule has 174 valence electrons. The van der Waals surface area contributed by atoms with E-state index in [4.69, 9.17) is 16.3 Å². The molecule has 1 aromatic carbocycles. The van der Waals surface area contributed by atoms with Crippen LogP contribution >= 0.6 is 11.6 Å². The summed E-state index contributed by atoms with van der Waals surface area (Å²) in [5.41, 5.74) is 1.68. The molecule has 1 saturated carbocycles. The number of amides is 1. The molecule has 33 heavy (non-hydrogen) atoms. The predicted molar refractivity (Wildman–Crippen MR) is 124 cm³/mol. The lowest BCUT2D eigenvalue weighted by Crippen LogP contribution is -2.37. The number of carbonyl (C=O) groups is 1. The van der Waals surface area contributed by atoms with Gasteiger partial charge in [0.1, 0.15) is 23.2 Å². The van der Waals surface area contributed by atoms with Gasteiger partial charge in [-0.05, 0) is 43.9 Å². The van der Waals surface area contributed by atoms with Crippen LogP contribution in [0.15, 0.2) is 30.7 Å². The monoisotopic (exact) mass is 473 g/mol. The minimum atomic E-state index is -0.495. The highest BCUT2D eigenvalue weighted by Crippen LogP contribution is 2.28. The van der Waals surface area contributed by atoms with Gasteiger partial charge in [0.25, 0.3) is 0 Å². The Kier molecular flexibility index (Phi) is 7.46. The summed E-state index contributed by atoms with van der Waals surface area (Å²) in [5.74, 6) is 0.533. The zero-order valence-corrected chi connectivity index (χ0v) is 18.9. The van der Waals surface area contributed by atoms with Crippen molar-refractivity contribution in [1.82, 2.24) is 25.3 Å². The summed E-state index contributed by atoms with van der Waals surface area (Å²) in [6.07, 6.45) is 6.31. The molecule has 0 aliphatic heterocycles. The van der Waals surface area contributed by atoms with Crippen molar-refractivity contribution in [2.45, 2.75) is 31.7 Å². The minimum Gasteiger partial charge on any atom is -0.383 e. The van der Waals surface area contributed by atoms with Gasteiger partial charge in [0, 0.05) is 31.3 Å². The van der Waals surface area contributed by atoms with E-state index in [0.29, 0.717) is 41.6 Å². The Balaban J connectivity index is 1.41. The van der Waals surface area contributed by atoms with Crippen LogP contribution in [0.3, 0.4) is 0 Å². The van der Waals surface area contributed by atoms with Crippen molar-refractivity contribution in [2.75, 3.05) is 30.9 Å². The van der Waals surface area contributed by atoms with E-state index in [1.807, 2.05) is 0 Å². The predicted octanol–water partition coefficient (Wildman–Crippen LogP) is 3.69. The van der Waals surface area contributed by atoms with E-state index in [2.05, 4.69) is 35.9 Å². The second-order valence-corrected chi connectivity index (χ2v) is 8.29. The lowest BCUT2D eigenvalue weighted by Gasteiger charge is -2.28. The van der Waals surface area contributed by atoms with Crippen LogP contribution in [0.5, 0.6) is 0 Å². The van der Waals surface area contributed by atoms with Crippen molar-refractivity contribution in [2.24, 2.45) is 5.92 Å². The quantitative estimate of drug-likeness (QED) is 0.424. The zero-order chi connectivity index (χ0) is 23.2. The smallest absolute Gasteiger partial charge is 0.223 e. The molecule has 2 aromatic heterocycles. The summed E-state index contributed by atoms with van der Waals surface area (Å²) in [6, 6.07) is 4.50. The molecule has 3 aromatic rings. The lowest BCUT2D eigenvalue weighted by molar-refractivity contribution is -0.126. The first-order valence-corrected chi connectivity index (χ1v) is 11.1. The first-order valence-electron chi connectivity index (χ1n) is 10.8. The third kappa shape index (κ3) is 5.82. The Morgan fingerprint density at radius 1 is 1.21 bits per heavy atom. The summed E-state index contributed by atoms with van der Waals surface area (Å²) in [5, 5.41) is 9.40. The molecule has 3 N–H and O–H groups in total. The lowest BCUT2D eigenvalue weighted by atomic mass is 9.85. The van der Waals surface area contributed by atoms with E-state index >= 15 is 0 Å². The fourth-order valence-corrected chi connectivity index (χ4v) is 4.01. The fourth-order valence-electron chi connectivity index (χ4n) is 3.83. The number of aromatic nitrogens is 4. The average molecular weight is 474 g/mol. The standard InChI is InChI=1S/C22H25ClFN7O2/c1-33-9-8-25-21(32)13-2-4-14(5-3-13)30-22-26-11-18-19(31-22)20(28-12-27-18)29-15-6-7-17(24)16(23)10-15/h6-7,10-14H,2-5,8-9H2,1H3,(H,25,32)(H,26,30,31)(H,27,28,29). The zero-order valence-electron chi connectivity index (χ0n) is 18.1. The highest BCUT2D eigenvalue weighted by molar-refractivity contribution is 6.31. The summed E-state index contributed by atoms with van der Waals surface area (Å²) in [6.45, 7) is 1.04. The number of hydrogen-bond acceptors (Lipinski definition) is 8. The van der Waals surface area contributed by atoms with Crippen LogP contribution in [0.25, 0.3) is 11.0 Å². The van der Waals surface area contributed by atoms with Crippen LogP contribution in [0, 0.1) is 11.7 Å². The average Bonchev–Trinajstić information content (AvgIpc) is 2.82. The molecular formula is C22H25ClFN7O2. The molecule has 1 aliphatic rings. The van der Waals surface area contributed by atoms with Gasteiger partial charge in [-0.15, -0.1) is 0 Å². The Morgan fingerprint density at radius 3 is 2.79 bits per heavy atom. The molecule has 4 rings (SSSR count). The van der Waals surface area contributed by atoms with E-state index in [1.54, 1.807) is 19.4 Å². The Morgan fingerprint density at radius 2 is 2.03 bits per heavy atom. The van der Waals surface area contributed by atoms with Gasteiger partial charge < -0.3 is 20.7 Å². The second-order valence-electron chi connectivity index (χ2n) is 7.88. The van der Waals surface area contributed by atoms with Crippen LogP contribution in [-0.2, 0) is 9.53 Å². The number of carbonyl (C=O) groups excluding carboxylic acids is 1. The first-order chi connectivity index (χ1) is 16.0. The maximum atomic E-state index is 13.5. The number of rotatable bonds is 8. The molecule has 1 fully saturated rings. The van der Waals surface area contributed by atoms with Gasteiger partial charge in [-0.1, -0.05) is 11.6 Å². The summed E-state index contributed by atoms with van der Waals surface area (Å²) >= 11 is 5.88. The van der Waals surface area contributed by atoms with E-state index < -0.39 is 5.82 Å². The number of ether oxygens (including phenoxy) is 1. The molecule has 0 spiro atoms. The molecular weight excluding hydrogens is 449 g/mol. The molecule has 11 heteroatoms. The van der Waals surface area contributed by atoms with Crippen LogP contribution < -0.4 is 16.0 Å². The number of benzene rings is 1. The number of nitrogens with one attached hydrogen (secondary N) is 3. The van der Waals surface area contributed by atoms with Crippen LogP contribution in [-0.4, -0.2) is 52.1 Å². The van der Waals surface area contributed by atoms with Crippen LogP contribution in [0.2, 0.25) is 5.02 Å². The van der Waals surface area contributed by atoms with Gasteiger partial charge in [-0.3, -0.25) is 4.79 Å². The van der Waals surface area contributed by atoms with E-state index in [9.17, 15) is 9.18 Å². The highest BCUT2D eigenvalue weighted by Gasteiger charge is 2.26. The van der Waals surface area contributed by atoms with Crippen molar-refractivity contribution in [3.63, 3.8) is 0 Å². The number of fused-ring (bicyclic) bond motifs is 1. The Labute approximate surface area is 195 Å². The Hall–Kier alpha value is -3.11. The molecule has 0 radical (unpaired) electrons. The van der Waals surface area contributed by atoms with Gasteiger partial charge in [-0.2, -0.15) is 0 Å². The van der Waals surface area contributed by atoms with Gasteiger partial charge >= 0.3 is 0 Å². The molecule has 1 amide bonds. The van der Waals surface area contributed by atoms with Crippen molar-refractivity contribution < 1.29 is 13.9 Å². The van der Waals surface area contributed by atoms with Gasteiger partial charge in [-0.25, -0.2) is 24.3 Å². The van der Waals surface area contributed by atoms with Gasteiger partial charge in [0.15, 0.2) is 5.82 Å². The van der Waals surface area contributed by atoms with Crippen molar-refractivity contribution in [3.8, 4) is 0 Å². The SMILES string of the molecule is COCCNC(=O)C1CCC(Nc2ncc3ncnc(Nc4ccc(F)c(Cl)c4)c3n2)CC1. The number of anilines is 3. The third-order valence-electron chi connectivity index (χ3n) is 5.60. The number of nitrogens with zero attached hydrogens (tertiary/aromatic N) is 4. The highest BCUT2D eigenvalue weighted by atomic mass is 35.5. The van der Waals surface area contributed by atoms with E-state index in [-0.39, 0.29) is 22.9 Å². The summed E-state index contributed by atoms with van der Waals surface area (Å²) < 4.78 is 18.4. The van der Waals surface area contributed by atoms with Gasteiger partial charge in [0.05, 0.1) is 17.8 Å². The molecule has 1 aliphatic carbocycles. The summed E-state index contributed by atoms with van der Waals surface area (Å²) in [4.78, 5) is 29.7. The largest absolute Gasteiger partial charge is 0.383 e. The number of methoxy groups -OCH3 is 1. The van der Waals surface area contributed by atoms with Crippen molar-refractivity contribution >= 4 is 46.0 Å². The third-order valence-corrected chi connectivity index (χ3v) is 5.89. The Bertz CT molecular complexity index is 1130. The van der Waals surface area contributed by atoms with Crippen LogP contribution in [0.4, 0.5) is 21.8 Å². The number of halogens is 2. The molecule has 0 bridgehead atoms. The number of hydrogen-bond donors (Lipinski definition) is 3. The second kappa shape index (κ2) is 10.7. The first kappa shape index (κ1) is 23.1. The fraction of sp³-hybridized carbons (Fsp3) is 0.409. The van der Waals surface area contributed by atoms with Crippen molar-refractivity contribution in [3.05, 3.63) is 41.6 Å². The molecule has 0 atom stereocenters. The molecule has 2 heterocycles. The van der Waals surface area contributed by atoms with Crippen LogP contribution in [0.1, 0.15) is 25.7 Å². The van der Waals surface area contributed by atoms with E-state index in [1.165, 1.54) is 18.5 Å². The summed E-state index contributed by atoms with van der Waals surface area (Å²) in [7, 11) is 1.61.